The number of ether oxygens (including phenoxy) is 1. The molecule has 1 aliphatic heterocycles. The summed E-state index contributed by atoms with van der Waals surface area (Å²) in [7, 11) is 0. The van der Waals surface area contributed by atoms with E-state index in [0.29, 0.717) is 0 Å². The number of hydrogen-bond acceptors (Lipinski definition) is 4. The number of nitrogens with zero attached hydrogens (tertiary/aromatic N) is 2. The van der Waals surface area contributed by atoms with Crippen molar-refractivity contribution in [3.63, 3.8) is 0 Å². The van der Waals surface area contributed by atoms with Crippen LogP contribution >= 0.6 is 0 Å². The van der Waals surface area contributed by atoms with Gasteiger partial charge in [-0.25, -0.2) is 0 Å². The van der Waals surface area contributed by atoms with Crippen LogP contribution in [0.4, 0.5) is 11.4 Å². The predicted octanol–water partition coefficient (Wildman–Crippen LogP) is 7.79. The third kappa shape index (κ3) is 3.40. The van der Waals surface area contributed by atoms with Gasteiger partial charge in [-0.15, -0.1) is 0 Å². The molecule has 5 aromatic carbocycles. The van der Waals surface area contributed by atoms with Crippen LogP contribution < -0.4 is 4.90 Å². The molecule has 0 atom stereocenters. The fraction of sp³-hybridized carbons (Fsp3) is 0.0811. The van der Waals surface area contributed by atoms with Crippen LogP contribution in [-0.2, 0) is 21.6 Å². The number of carbonyl (C=O) groups is 1. The number of benzene rings is 5. The summed E-state index contributed by atoms with van der Waals surface area (Å²) in [6, 6.07) is 43.9. The summed E-state index contributed by atoms with van der Waals surface area (Å²) in [4.78, 5) is 20.3. The highest BCUT2D eigenvalue weighted by Crippen LogP contribution is 2.63. The third-order valence-electron chi connectivity index (χ3n) is 8.50. The monoisotopic (exact) mass is 530 g/mol. The Kier molecular flexibility index (Phi) is 5.29. The number of rotatable bonds is 4. The van der Waals surface area contributed by atoms with Crippen LogP contribution in [-0.4, -0.2) is 17.5 Å². The maximum absolute atomic E-state index is 13.3. The third-order valence-corrected chi connectivity index (χ3v) is 8.50. The second-order valence-corrected chi connectivity index (χ2v) is 10.6. The number of hydrogen-bond donors (Lipinski definition) is 0. The van der Waals surface area contributed by atoms with E-state index in [1.54, 1.807) is 0 Å². The van der Waals surface area contributed by atoms with Gasteiger partial charge in [-0.3, -0.25) is 9.78 Å². The zero-order valence-electron chi connectivity index (χ0n) is 22.3. The number of aromatic nitrogens is 1. The molecule has 8 rings (SSSR count). The van der Waals surface area contributed by atoms with E-state index in [9.17, 15) is 4.79 Å². The normalized spacial score (nSPS) is 13.8. The molecular formula is C37H26N2O2. The molecule has 0 N–H and O–H groups in total. The van der Waals surface area contributed by atoms with Crippen molar-refractivity contribution < 1.29 is 9.53 Å². The maximum Gasteiger partial charge on any atom is 0.326 e. The fourth-order valence-corrected chi connectivity index (χ4v) is 6.90. The first kappa shape index (κ1) is 23.6. The van der Waals surface area contributed by atoms with E-state index in [1.807, 2.05) is 42.6 Å². The van der Waals surface area contributed by atoms with Gasteiger partial charge >= 0.3 is 5.97 Å². The van der Waals surface area contributed by atoms with Crippen molar-refractivity contribution in [1.29, 1.82) is 0 Å². The molecule has 6 aromatic rings. The van der Waals surface area contributed by atoms with Crippen LogP contribution in [0.5, 0.6) is 0 Å². The largest absolute Gasteiger partial charge is 0.459 e. The molecule has 2 heterocycles. The van der Waals surface area contributed by atoms with Gasteiger partial charge in [0.2, 0.25) is 0 Å². The summed E-state index contributed by atoms with van der Waals surface area (Å²) in [5.41, 5.74) is 10.5. The zero-order valence-corrected chi connectivity index (χ0v) is 22.3. The van der Waals surface area contributed by atoms with Crippen molar-refractivity contribution in [2.45, 2.75) is 12.0 Å². The first-order valence-electron chi connectivity index (χ1n) is 13.9. The molecule has 2 aliphatic rings. The first-order chi connectivity index (χ1) is 20.3. The van der Waals surface area contributed by atoms with E-state index in [-0.39, 0.29) is 19.1 Å². The Labute approximate surface area is 238 Å². The summed E-state index contributed by atoms with van der Waals surface area (Å²) >= 11 is 0. The highest BCUT2D eigenvalue weighted by Gasteiger charge is 2.52. The van der Waals surface area contributed by atoms with Gasteiger partial charge in [0.1, 0.15) is 13.2 Å². The van der Waals surface area contributed by atoms with E-state index in [2.05, 4.69) is 95.9 Å². The van der Waals surface area contributed by atoms with Crippen LogP contribution in [0.25, 0.3) is 22.0 Å². The van der Waals surface area contributed by atoms with Crippen molar-refractivity contribution in [1.82, 2.24) is 4.98 Å². The van der Waals surface area contributed by atoms with E-state index < -0.39 is 5.41 Å². The quantitative estimate of drug-likeness (QED) is 0.218. The minimum Gasteiger partial charge on any atom is -0.459 e. The molecule has 1 aromatic heterocycles. The van der Waals surface area contributed by atoms with Gasteiger partial charge in [0.15, 0.2) is 0 Å². The average molecular weight is 531 g/mol. The Bertz CT molecular complexity index is 1920. The Morgan fingerprint density at radius 1 is 0.659 bits per heavy atom. The Hall–Kier alpha value is -5.22. The topological polar surface area (TPSA) is 42.4 Å². The number of esters is 1. The van der Waals surface area contributed by atoms with Crippen LogP contribution in [0.3, 0.4) is 0 Å². The SMILES string of the molecule is O=C(CN1c2ccccc2C2(c3ccccc3-c3cnc4ccccc4c32)c2ccccc21)OCc1ccccc1. The lowest BCUT2D eigenvalue weighted by Crippen LogP contribution is -2.39. The van der Waals surface area contributed by atoms with Crippen LogP contribution in [0.1, 0.15) is 27.8 Å². The molecule has 1 spiro atoms. The summed E-state index contributed by atoms with van der Waals surface area (Å²) < 4.78 is 5.76. The molecular weight excluding hydrogens is 504 g/mol. The van der Waals surface area contributed by atoms with Crippen LogP contribution in [0.15, 0.2) is 134 Å². The molecule has 0 unspecified atom stereocenters. The minimum atomic E-state index is -0.563. The zero-order chi connectivity index (χ0) is 27.4. The van der Waals surface area contributed by atoms with E-state index in [4.69, 9.17) is 9.72 Å². The summed E-state index contributed by atoms with van der Waals surface area (Å²) in [6.07, 6.45) is 2.03. The molecule has 4 heteroatoms. The Balaban J connectivity index is 1.35. The van der Waals surface area contributed by atoms with E-state index >= 15 is 0 Å². The summed E-state index contributed by atoms with van der Waals surface area (Å²) in [6.45, 7) is 0.364. The smallest absolute Gasteiger partial charge is 0.326 e. The lowest BCUT2D eigenvalue weighted by molar-refractivity contribution is -0.143. The van der Waals surface area contributed by atoms with Gasteiger partial charge in [0.05, 0.1) is 10.9 Å². The van der Waals surface area contributed by atoms with Crippen molar-refractivity contribution in [3.8, 4) is 11.1 Å². The number of pyridine rings is 1. The van der Waals surface area contributed by atoms with Gasteiger partial charge in [0, 0.05) is 28.5 Å². The molecule has 196 valence electrons. The predicted molar refractivity (Wildman–Crippen MR) is 162 cm³/mol. The lowest BCUT2D eigenvalue weighted by Gasteiger charge is -2.45. The van der Waals surface area contributed by atoms with Crippen molar-refractivity contribution in [3.05, 3.63) is 161 Å². The first-order valence-corrected chi connectivity index (χ1v) is 13.9. The van der Waals surface area contributed by atoms with Crippen molar-refractivity contribution in [2.75, 3.05) is 11.4 Å². The van der Waals surface area contributed by atoms with Crippen LogP contribution in [0.2, 0.25) is 0 Å². The molecule has 4 nitrogen and oxygen atoms in total. The highest BCUT2D eigenvalue weighted by molar-refractivity contribution is 6.01. The van der Waals surface area contributed by atoms with Crippen LogP contribution in [0, 0.1) is 0 Å². The minimum absolute atomic E-state index is 0.114. The van der Waals surface area contributed by atoms with Crippen molar-refractivity contribution in [2.24, 2.45) is 0 Å². The van der Waals surface area contributed by atoms with Gasteiger partial charge in [-0.1, -0.05) is 109 Å². The molecule has 41 heavy (non-hydrogen) atoms. The molecule has 0 bridgehead atoms. The summed E-state index contributed by atoms with van der Waals surface area (Å²) in [5.74, 6) is -0.267. The molecule has 0 radical (unpaired) electrons. The Morgan fingerprint density at radius 2 is 1.27 bits per heavy atom. The fourth-order valence-electron chi connectivity index (χ4n) is 6.90. The van der Waals surface area contributed by atoms with Crippen molar-refractivity contribution >= 4 is 28.2 Å². The second kappa shape index (κ2) is 9.17. The number of carbonyl (C=O) groups excluding carboxylic acids is 1. The second-order valence-electron chi connectivity index (χ2n) is 10.6. The summed E-state index contributed by atoms with van der Waals surface area (Å²) in [5, 5.41) is 1.14. The van der Waals surface area contributed by atoms with Gasteiger partial charge in [-0.05, 0) is 51.6 Å². The van der Waals surface area contributed by atoms with E-state index in [0.717, 1.165) is 44.5 Å². The Morgan fingerprint density at radius 3 is 2.02 bits per heavy atom. The molecule has 0 fully saturated rings. The average Bonchev–Trinajstić information content (AvgIpc) is 3.34. The standard InChI is InChI=1S/C37H26N2O2/c40-35(41-24-25-12-2-1-3-13-25)23-39-33-20-10-7-17-30(33)37(31-18-8-11-21-34(31)39)29-16-6-4-14-26(29)28-22-38-32-19-9-5-15-27(32)36(28)37/h1-22H,23-24H2. The van der Waals surface area contributed by atoms with E-state index in [1.165, 1.54) is 16.7 Å². The maximum atomic E-state index is 13.3. The number of anilines is 2. The molecule has 0 saturated carbocycles. The highest BCUT2D eigenvalue weighted by atomic mass is 16.5. The van der Waals surface area contributed by atoms with Gasteiger partial charge in [0.25, 0.3) is 0 Å². The van der Waals surface area contributed by atoms with Gasteiger partial charge < -0.3 is 9.64 Å². The van der Waals surface area contributed by atoms with Gasteiger partial charge in [-0.2, -0.15) is 0 Å². The molecule has 1 aliphatic carbocycles. The number of para-hydroxylation sites is 3. The molecule has 0 amide bonds. The molecule has 0 saturated heterocycles. The lowest BCUT2D eigenvalue weighted by atomic mass is 9.64. The number of fused-ring (bicyclic) bond motifs is 11.